The van der Waals surface area contributed by atoms with Crippen LogP contribution in [0.1, 0.15) is 28.8 Å². The number of amides is 1. The molecule has 4 aromatic rings. The number of nitrogens with one attached hydrogen (secondary N) is 3. The Bertz CT molecular complexity index is 1500. The molecule has 0 atom stereocenters. The van der Waals surface area contributed by atoms with Crippen LogP contribution < -0.4 is 15.4 Å². The standard InChI is InChI=1S/C30H34ClN7O3/c1-40-25-17-21(29(39)38-11-9-22(10-12-38)37-13-15-41-16-14-37)7-8-24(25)34-30-35-27(26-23(31)19-33-28(26)36-30)32-18-20-5-3-2-4-6-20/h2-8,17,19,22H,9-16,18H2,1H3,(H3,32,33,34,35,36). The highest BCUT2D eigenvalue weighted by molar-refractivity contribution is 6.36. The van der Waals surface area contributed by atoms with E-state index in [4.69, 9.17) is 26.1 Å². The highest BCUT2D eigenvalue weighted by atomic mass is 35.5. The summed E-state index contributed by atoms with van der Waals surface area (Å²) in [5.74, 6) is 1.53. The Kier molecular flexibility index (Phi) is 8.22. The number of aromatic nitrogens is 3. The summed E-state index contributed by atoms with van der Waals surface area (Å²) in [5.41, 5.74) is 2.97. The van der Waals surface area contributed by atoms with E-state index in [9.17, 15) is 4.79 Å². The number of hydrogen-bond acceptors (Lipinski definition) is 8. The first-order chi connectivity index (χ1) is 20.1. The molecule has 11 heteroatoms. The molecule has 2 saturated heterocycles. The van der Waals surface area contributed by atoms with Crippen LogP contribution in [0.15, 0.2) is 54.7 Å². The zero-order valence-corrected chi connectivity index (χ0v) is 23.8. The Hall–Kier alpha value is -3.86. The molecule has 0 aliphatic carbocycles. The second-order valence-electron chi connectivity index (χ2n) is 10.3. The Balaban J connectivity index is 1.16. The largest absolute Gasteiger partial charge is 0.495 e. The first-order valence-electron chi connectivity index (χ1n) is 14.0. The lowest BCUT2D eigenvalue weighted by molar-refractivity contribution is 0.00159. The van der Waals surface area contributed by atoms with Crippen molar-refractivity contribution in [1.29, 1.82) is 0 Å². The number of piperidine rings is 1. The predicted octanol–water partition coefficient (Wildman–Crippen LogP) is 4.91. The molecule has 2 fully saturated rings. The average molecular weight is 576 g/mol. The minimum absolute atomic E-state index is 0.0152. The number of anilines is 3. The highest BCUT2D eigenvalue weighted by Crippen LogP contribution is 2.33. The number of halogens is 1. The van der Waals surface area contributed by atoms with Gasteiger partial charge in [0.2, 0.25) is 5.95 Å². The first kappa shape index (κ1) is 27.3. The van der Waals surface area contributed by atoms with E-state index in [0.29, 0.717) is 52.0 Å². The van der Waals surface area contributed by atoms with Gasteiger partial charge in [-0.05, 0) is 36.6 Å². The van der Waals surface area contributed by atoms with E-state index in [2.05, 4.69) is 25.5 Å². The number of nitrogens with zero attached hydrogens (tertiary/aromatic N) is 4. The molecule has 2 aromatic heterocycles. The minimum atomic E-state index is 0.0152. The summed E-state index contributed by atoms with van der Waals surface area (Å²) in [6, 6.07) is 16.0. The average Bonchev–Trinajstić information content (AvgIpc) is 3.41. The summed E-state index contributed by atoms with van der Waals surface area (Å²) in [5, 5.41) is 7.90. The molecule has 214 valence electrons. The third kappa shape index (κ3) is 6.09. The summed E-state index contributed by atoms with van der Waals surface area (Å²) in [6.45, 7) is 5.61. The van der Waals surface area contributed by atoms with Gasteiger partial charge in [-0.3, -0.25) is 9.69 Å². The van der Waals surface area contributed by atoms with Gasteiger partial charge in [-0.2, -0.15) is 9.97 Å². The minimum Gasteiger partial charge on any atom is -0.495 e. The van der Waals surface area contributed by atoms with Crippen molar-refractivity contribution in [3.05, 3.63) is 70.9 Å². The summed E-state index contributed by atoms with van der Waals surface area (Å²) in [6.07, 6.45) is 3.65. The number of ether oxygens (including phenoxy) is 2. The number of H-pyrrole nitrogens is 1. The van der Waals surface area contributed by atoms with E-state index in [1.807, 2.05) is 47.4 Å². The van der Waals surface area contributed by atoms with Gasteiger partial charge in [0, 0.05) is 50.5 Å². The van der Waals surface area contributed by atoms with Gasteiger partial charge < -0.3 is 30.0 Å². The fraction of sp³-hybridized carbons (Fsp3) is 0.367. The molecule has 2 aromatic carbocycles. The van der Waals surface area contributed by atoms with Crippen LogP contribution in [0.25, 0.3) is 11.0 Å². The van der Waals surface area contributed by atoms with Gasteiger partial charge in [0.1, 0.15) is 17.2 Å². The van der Waals surface area contributed by atoms with Crippen LogP contribution in [0.4, 0.5) is 17.5 Å². The lowest BCUT2D eigenvalue weighted by Gasteiger charge is -2.40. The van der Waals surface area contributed by atoms with Crippen LogP contribution in [0.2, 0.25) is 5.02 Å². The molecule has 3 N–H and O–H groups in total. The van der Waals surface area contributed by atoms with Gasteiger partial charge in [-0.1, -0.05) is 41.9 Å². The molecule has 0 radical (unpaired) electrons. The second-order valence-corrected chi connectivity index (χ2v) is 10.7. The number of carbonyl (C=O) groups is 1. The van der Waals surface area contributed by atoms with Crippen LogP contribution in [-0.4, -0.2) is 83.2 Å². The van der Waals surface area contributed by atoms with E-state index in [1.165, 1.54) is 0 Å². The molecule has 1 amide bonds. The van der Waals surface area contributed by atoms with E-state index in [-0.39, 0.29) is 5.91 Å². The highest BCUT2D eigenvalue weighted by Gasteiger charge is 2.28. The van der Waals surface area contributed by atoms with Crippen LogP contribution in [-0.2, 0) is 11.3 Å². The van der Waals surface area contributed by atoms with Crippen molar-refractivity contribution >= 4 is 46.0 Å². The third-order valence-electron chi connectivity index (χ3n) is 7.79. The topological polar surface area (TPSA) is 108 Å². The monoisotopic (exact) mass is 575 g/mol. The second kappa shape index (κ2) is 12.3. The number of hydrogen-bond donors (Lipinski definition) is 3. The molecule has 0 unspecified atom stereocenters. The van der Waals surface area contributed by atoms with Crippen molar-refractivity contribution in [1.82, 2.24) is 24.8 Å². The van der Waals surface area contributed by atoms with Crippen LogP contribution in [0.5, 0.6) is 5.75 Å². The van der Waals surface area contributed by atoms with Gasteiger partial charge in [-0.25, -0.2) is 0 Å². The Morgan fingerprint density at radius 2 is 1.88 bits per heavy atom. The van der Waals surface area contributed by atoms with Crippen molar-refractivity contribution < 1.29 is 14.3 Å². The number of benzene rings is 2. The van der Waals surface area contributed by atoms with Crippen molar-refractivity contribution in [2.45, 2.75) is 25.4 Å². The van der Waals surface area contributed by atoms with Gasteiger partial charge in [0.15, 0.2) is 0 Å². The molecule has 41 heavy (non-hydrogen) atoms. The molecule has 2 aliphatic heterocycles. The Labute approximate surface area is 244 Å². The third-order valence-corrected chi connectivity index (χ3v) is 8.09. The van der Waals surface area contributed by atoms with E-state index < -0.39 is 0 Å². The summed E-state index contributed by atoms with van der Waals surface area (Å²) >= 11 is 6.44. The smallest absolute Gasteiger partial charge is 0.253 e. The van der Waals surface area contributed by atoms with Crippen LogP contribution in [0.3, 0.4) is 0 Å². The zero-order valence-electron chi connectivity index (χ0n) is 23.0. The number of aromatic amines is 1. The molecular weight excluding hydrogens is 542 g/mol. The number of carbonyl (C=O) groups excluding carboxylic acids is 1. The van der Waals surface area contributed by atoms with Crippen LogP contribution >= 0.6 is 11.6 Å². The summed E-state index contributed by atoms with van der Waals surface area (Å²) in [4.78, 5) is 30.2. The quantitative estimate of drug-likeness (QED) is 0.272. The van der Waals surface area contributed by atoms with Crippen molar-refractivity contribution in [2.75, 3.05) is 57.1 Å². The Morgan fingerprint density at radius 3 is 2.63 bits per heavy atom. The van der Waals surface area contributed by atoms with Crippen LogP contribution in [0, 0.1) is 0 Å². The molecule has 0 spiro atoms. The maximum atomic E-state index is 13.4. The molecule has 0 saturated carbocycles. The molecule has 10 nitrogen and oxygen atoms in total. The molecule has 2 aliphatic rings. The fourth-order valence-corrected chi connectivity index (χ4v) is 5.80. The van der Waals surface area contributed by atoms with Gasteiger partial charge in [0.05, 0.1) is 36.4 Å². The van der Waals surface area contributed by atoms with E-state index in [0.717, 1.165) is 63.2 Å². The molecule has 0 bridgehead atoms. The zero-order chi connectivity index (χ0) is 28.2. The van der Waals surface area contributed by atoms with E-state index in [1.54, 1.807) is 19.4 Å². The number of morpholine rings is 1. The number of fused-ring (bicyclic) bond motifs is 1. The van der Waals surface area contributed by atoms with E-state index >= 15 is 0 Å². The van der Waals surface area contributed by atoms with Crippen molar-refractivity contribution in [3.8, 4) is 5.75 Å². The number of rotatable bonds is 8. The maximum absolute atomic E-state index is 13.4. The maximum Gasteiger partial charge on any atom is 0.253 e. The predicted molar refractivity (Wildman–Crippen MR) is 160 cm³/mol. The van der Waals surface area contributed by atoms with Gasteiger partial charge in [0.25, 0.3) is 5.91 Å². The lowest BCUT2D eigenvalue weighted by atomic mass is 10.0. The summed E-state index contributed by atoms with van der Waals surface area (Å²) in [7, 11) is 1.59. The number of methoxy groups -OCH3 is 1. The number of likely N-dealkylation sites (tertiary alicyclic amines) is 1. The van der Waals surface area contributed by atoms with Crippen molar-refractivity contribution in [2.24, 2.45) is 0 Å². The molecule has 4 heterocycles. The normalized spacial score (nSPS) is 16.6. The molecule has 6 rings (SSSR count). The lowest BCUT2D eigenvalue weighted by Crippen LogP contribution is -2.50. The van der Waals surface area contributed by atoms with Gasteiger partial charge in [-0.15, -0.1) is 0 Å². The fourth-order valence-electron chi connectivity index (χ4n) is 5.57. The molecular formula is C30H34ClN7O3. The summed E-state index contributed by atoms with van der Waals surface area (Å²) < 4.78 is 11.2. The Morgan fingerprint density at radius 1 is 1.10 bits per heavy atom. The van der Waals surface area contributed by atoms with Crippen molar-refractivity contribution in [3.63, 3.8) is 0 Å². The first-order valence-corrected chi connectivity index (χ1v) is 14.4. The SMILES string of the molecule is COc1cc(C(=O)N2CCC(N3CCOCC3)CC2)ccc1Nc1nc(NCc2ccccc2)c2c(Cl)c[nH]c2n1. The van der Waals surface area contributed by atoms with Gasteiger partial charge >= 0.3 is 0 Å².